The second-order valence-corrected chi connectivity index (χ2v) is 6.62. The van der Waals surface area contributed by atoms with E-state index in [1.54, 1.807) is 14.0 Å². The first-order valence-electron chi connectivity index (χ1n) is 7.86. The molecule has 3 unspecified atom stereocenters. The van der Waals surface area contributed by atoms with Crippen LogP contribution in [0.2, 0.25) is 0 Å². The number of carboxylic acid groups (broad SMARTS) is 1. The number of nitrogens with one attached hydrogen (secondary N) is 1. The average Bonchev–Trinajstić information content (AvgIpc) is 2.46. The third-order valence-corrected chi connectivity index (χ3v) is 5.22. The maximum atomic E-state index is 11.4. The molecule has 2 rings (SSSR count). The average molecular weight is 283 g/mol. The number of hydrogen-bond donors (Lipinski definition) is 2. The number of carbonyl (C=O) groups is 1. The zero-order chi connectivity index (χ0) is 14.8. The minimum absolute atomic E-state index is 0.299. The van der Waals surface area contributed by atoms with Gasteiger partial charge in [0.05, 0.1) is 0 Å². The van der Waals surface area contributed by atoms with Gasteiger partial charge in [0, 0.05) is 31.7 Å². The SMILES string of the molecule is CNC(C)(CC(C)N1CCN2CCCCC2C1)C(=O)O. The predicted octanol–water partition coefficient (Wildman–Crippen LogP) is 0.998. The number of piperazine rings is 1. The maximum absolute atomic E-state index is 11.4. The fraction of sp³-hybridized carbons (Fsp3) is 0.933. The molecule has 2 aliphatic rings. The van der Waals surface area contributed by atoms with Gasteiger partial charge in [0.1, 0.15) is 5.54 Å². The van der Waals surface area contributed by atoms with Crippen LogP contribution in [0.25, 0.3) is 0 Å². The standard InChI is InChI=1S/C15H29N3O2/c1-12(10-15(2,16-3)14(19)20)18-9-8-17-7-5-4-6-13(17)11-18/h12-13,16H,4-11H2,1-3H3,(H,19,20). The third kappa shape index (κ3) is 3.32. The van der Waals surface area contributed by atoms with Gasteiger partial charge in [-0.1, -0.05) is 6.42 Å². The highest BCUT2D eigenvalue weighted by molar-refractivity contribution is 5.78. The molecule has 5 heteroatoms. The van der Waals surface area contributed by atoms with Gasteiger partial charge >= 0.3 is 5.97 Å². The van der Waals surface area contributed by atoms with Gasteiger partial charge in [-0.15, -0.1) is 0 Å². The Morgan fingerprint density at radius 1 is 1.40 bits per heavy atom. The van der Waals surface area contributed by atoms with Crippen LogP contribution in [0.3, 0.4) is 0 Å². The Bertz CT molecular complexity index is 350. The van der Waals surface area contributed by atoms with Crippen LogP contribution in [0, 0.1) is 0 Å². The molecule has 0 aromatic rings. The van der Waals surface area contributed by atoms with Crippen LogP contribution in [0.4, 0.5) is 0 Å². The summed E-state index contributed by atoms with van der Waals surface area (Å²) in [6.07, 6.45) is 4.62. The second-order valence-electron chi connectivity index (χ2n) is 6.62. The molecule has 0 aliphatic carbocycles. The highest BCUT2D eigenvalue weighted by Crippen LogP contribution is 2.24. The highest BCUT2D eigenvalue weighted by Gasteiger charge is 2.37. The summed E-state index contributed by atoms with van der Waals surface area (Å²) in [5, 5.41) is 12.3. The van der Waals surface area contributed by atoms with E-state index < -0.39 is 11.5 Å². The zero-order valence-electron chi connectivity index (χ0n) is 13.1. The molecule has 0 bridgehead atoms. The molecule has 0 aromatic heterocycles. The number of nitrogens with zero attached hydrogens (tertiary/aromatic N) is 2. The molecule has 0 radical (unpaired) electrons. The lowest BCUT2D eigenvalue weighted by Gasteiger charge is -2.46. The Hall–Kier alpha value is -0.650. The van der Waals surface area contributed by atoms with E-state index in [1.807, 2.05) is 0 Å². The lowest BCUT2D eigenvalue weighted by atomic mass is 9.91. The Morgan fingerprint density at radius 2 is 2.15 bits per heavy atom. The molecule has 3 atom stereocenters. The zero-order valence-corrected chi connectivity index (χ0v) is 13.1. The van der Waals surface area contributed by atoms with E-state index in [-0.39, 0.29) is 0 Å². The molecule has 0 aromatic carbocycles. The number of likely N-dealkylation sites (N-methyl/N-ethyl adjacent to an activating group) is 1. The van der Waals surface area contributed by atoms with Crippen molar-refractivity contribution >= 4 is 5.97 Å². The lowest BCUT2D eigenvalue weighted by Crippen LogP contribution is -2.59. The number of hydrogen-bond acceptors (Lipinski definition) is 4. The first-order valence-corrected chi connectivity index (χ1v) is 7.86. The fourth-order valence-electron chi connectivity index (χ4n) is 3.60. The summed E-state index contributed by atoms with van der Waals surface area (Å²) >= 11 is 0. The van der Waals surface area contributed by atoms with E-state index in [1.165, 1.54) is 25.8 Å². The topological polar surface area (TPSA) is 55.8 Å². The molecule has 5 nitrogen and oxygen atoms in total. The van der Waals surface area contributed by atoms with Crippen molar-refractivity contribution in [3.05, 3.63) is 0 Å². The number of aliphatic carboxylic acids is 1. The van der Waals surface area contributed by atoms with Crippen LogP contribution in [0.15, 0.2) is 0 Å². The second kappa shape index (κ2) is 6.41. The lowest BCUT2D eigenvalue weighted by molar-refractivity contribution is -0.145. The molecular formula is C15H29N3O2. The largest absolute Gasteiger partial charge is 0.480 e. The Labute approximate surface area is 122 Å². The molecule has 2 fully saturated rings. The van der Waals surface area contributed by atoms with E-state index in [2.05, 4.69) is 22.0 Å². The van der Waals surface area contributed by atoms with Crippen LogP contribution in [-0.4, -0.2) is 71.7 Å². The highest BCUT2D eigenvalue weighted by atomic mass is 16.4. The minimum atomic E-state index is -0.830. The number of piperidine rings is 1. The van der Waals surface area contributed by atoms with E-state index >= 15 is 0 Å². The normalized spacial score (nSPS) is 29.4. The molecule has 2 saturated heterocycles. The van der Waals surface area contributed by atoms with Crippen LogP contribution in [-0.2, 0) is 4.79 Å². The van der Waals surface area contributed by atoms with Crippen molar-refractivity contribution in [2.75, 3.05) is 33.2 Å². The summed E-state index contributed by atoms with van der Waals surface area (Å²) in [7, 11) is 1.74. The smallest absolute Gasteiger partial charge is 0.323 e. The predicted molar refractivity (Wildman–Crippen MR) is 80.0 cm³/mol. The van der Waals surface area contributed by atoms with Crippen molar-refractivity contribution in [1.29, 1.82) is 0 Å². The van der Waals surface area contributed by atoms with Gasteiger partial charge in [-0.2, -0.15) is 0 Å². The molecule has 116 valence electrons. The summed E-state index contributed by atoms with van der Waals surface area (Å²) in [6, 6.07) is 0.984. The maximum Gasteiger partial charge on any atom is 0.323 e. The van der Waals surface area contributed by atoms with Crippen molar-refractivity contribution in [2.24, 2.45) is 0 Å². The summed E-state index contributed by atoms with van der Waals surface area (Å²) in [5.41, 5.74) is -0.830. The first-order chi connectivity index (χ1) is 9.46. The Morgan fingerprint density at radius 3 is 2.80 bits per heavy atom. The van der Waals surface area contributed by atoms with Gasteiger partial charge in [0.25, 0.3) is 0 Å². The van der Waals surface area contributed by atoms with E-state index in [4.69, 9.17) is 0 Å². The van der Waals surface area contributed by atoms with Gasteiger partial charge in [-0.05, 0) is 46.7 Å². The minimum Gasteiger partial charge on any atom is -0.480 e. The summed E-state index contributed by atoms with van der Waals surface area (Å²) < 4.78 is 0. The quantitative estimate of drug-likeness (QED) is 0.788. The van der Waals surface area contributed by atoms with E-state index in [0.717, 1.165) is 19.6 Å². The van der Waals surface area contributed by atoms with E-state index in [9.17, 15) is 9.90 Å². The Kier molecular flexibility index (Phi) is 5.04. The molecule has 0 spiro atoms. The third-order valence-electron chi connectivity index (χ3n) is 5.22. The molecule has 2 aliphatic heterocycles. The molecular weight excluding hydrogens is 254 g/mol. The summed E-state index contributed by atoms with van der Waals surface area (Å²) in [6.45, 7) is 8.49. The number of carboxylic acids is 1. The van der Waals surface area contributed by atoms with Crippen molar-refractivity contribution in [3.63, 3.8) is 0 Å². The molecule has 2 N–H and O–H groups in total. The summed E-state index contributed by atoms with van der Waals surface area (Å²) in [5.74, 6) is -0.761. The number of rotatable bonds is 5. The summed E-state index contributed by atoms with van der Waals surface area (Å²) in [4.78, 5) is 16.5. The van der Waals surface area contributed by atoms with Gasteiger partial charge in [0.15, 0.2) is 0 Å². The van der Waals surface area contributed by atoms with Crippen LogP contribution < -0.4 is 5.32 Å². The van der Waals surface area contributed by atoms with Crippen molar-refractivity contribution in [2.45, 2.75) is 57.2 Å². The van der Waals surface area contributed by atoms with Gasteiger partial charge in [0.2, 0.25) is 0 Å². The first kappa shape index (κ1) is 15.7. The number of fused-ring (bicyclic) bond motifs is 1. The molecule has 20 heavy (non-hydrogen) atoms. The monoisotopic (exact) mass is 283 g/mol. The van der Waals surface area contributed by atoms with Gasteiger partial charge in [-0.25, -0.2) is 0 Å². The van der Waals surface area contributed by atoms with Crippen LogP contribution in [0.1, 0.15) is 39.5 Å². The van der Waals surface area contributed by atoms with Crippen LogP contribution >= 0.6 is 0 Å². The molecule has 2 heterocycles. The van der Waals surface area contributed by atoms with E-state index in [0.29, 0.717) is 18.5 Å². The van der Waals surface area contributed by atoms with Gasteiger partial charge < -0.3 is 10.4 Å². The molecule has 0 saturated carbocycles. The van der Waals surface area contributed by atoms with Crippen LogP contribution in [0.5, 0.6) is 0 Å². The molecule has 0 amide bonds. The Balaban J connectivity index is 1.92. The van der Waals surface area contributed by atoms with Crippen molar-refractivity contribution in [3.8, 4) is 0 Å². The van der Waals surface area contributed by atoms with Gasteiger partial charge in [-0.3, -0.25) is 14.6 Å². The van der Waals surface area contributed by atoms with Crippen molar-refractivity contribution in [1.82, 2.24) is 15.1 Å². The fourth-order valence-corrected chi connectivity index (χ4v) is 3.60. The van der Waals surface area contributed by atoms with Crippen molar-refractivity contribution < 1.29 is 9.90 Å².